The lowest BCUT2D eigenvalue weighted by Crippen LogP contribution is -2.51. The van der Waals surface area contributed by atoms with Gasteiger partial charge in [-0.15, -0.1) is 11.3 Å². The normalized spacial score (nSPS) is 23.0. The maximum absolute atomic E-state index is 13.7. The predicted molar refractivity (Wildman–Crippen MR) is 115 cm³/mol. The van der Waals surface area contributed by atoms with Crippen molar-refractivity contribution in [1.29, 1.82) is 0 Å². The van der Waals surface area contributed by atoms with E-state index < -0.39 is 0 Å². The molecule has 2 fully saturated rings. The van der Waals surface area contributed by atoms with E-state index in [4.69, 9.17) is 4.74 Å². The molecular weight excluding hydrogens is 382 g/mol. The lowest BCUT2D eigenvalue weighted by molar-refractivity contribution is -0.0706. The fourth-order valence-electron chi connectivity index (χ4n) is 4.59. The second kappa shape index (κ2) is 8.22. The molecule has 2 aliphatic heterocycles. The van der Waals surface area contributed by atoms with Crippen molar-refractivity contribution >= 4 is 27.5 Å². The molecule has 5 rings (SSSR count). The number of ether oxygens (including phenoxy) is 1. The molecule has 0 aliphatic carbocycles. The molecule has 1 amide bonds. The number of hydrogen-bond acceptors (Lipinski definition) is 5. The van der Waals surface area contributed by atoms with Crippen LogP contribution < -0.4 is 0 Å². The first-order valence-electron chi connectivity index (χ1n) is 10.3. The Balaban J connectivity index is 1.50. The van der Waals surface area contributed by atoms with E-state index in [2.05, 4.69) is 22.0 Å². The van der Waals surface area contributed by atoms with E-state index in [0.717, 1.165) is 41.0 Å². The van der Waals surface area contributed by atoms with Gasteiger partial charge in [-0.3, -0.25) is 4.79 Å². The number of morpholine rings is 1. The molecule has 0 spiro atoms. The molecule has 5 nitrogen and oxygen atoms in total. The fraction of sp³-hybridized carbons (Fsp3) is 0.391. The summed E-state index contributed by atoms with van der Waals surface area (Å²) in [6.07, 6.45) is 2.48. The van der Waals surface area contributed by atoms with Gasteiger partial charge in [-0.05, 0) is 43.6 Å². The molecule has 0 unspecified atom stereocenters. The van der Waals surface area contributed by atoms with Crippen molar-refractivity contribution in [2.45, 2.75) is 25.0 Å². The Labute approximate surface area is 174 Å². The summed E-state index contributed by atoms with van der Waals surface area (Å²) in [6.45, 7) is 4.29. The first kappa shape index (κ1) is 18.7. The van der Waals surface area contributed by atoms with E-state index >= 15 is 0 Å². The largest absolute Gasteiger partial charge is 0.373 e. The van der Waals surface area contributed by atoms with E-state index in [1.165, 1.54) is 24.2 Å². The monoisotopic (exact) mass is 407 g/mol. The SMILES string of the molecule is O=C(c1cccc2ncsc12)N1CCO[C@@H](CN2CCCC2)[C@@H]1c1ccccc1. The van der Waals surface area contributed by atoms with Gasteiger partial charge in [0.2, 0.25) is 0 Å². The minimum Gasteiger partial charge on any atom is -0.373 e. The lowest BCUT2D eigenvalue weighted by Gasteiger charge is -2.43. The van der Waals surface area contributed by atoms with Crippen LogP contribution in [0.15, 0.2) is 54.0 Å². The van der Waals surface area contributed by atoms with Crippen LogP contribution in [0.5, 0.6) is 0 Å². The molecule has 2 atom stereocenters. The van der Waals surface area contributed by atoms with Gasteiger partial charge in [-0.2, -0.15) is 0 Å². The van der Waals surface area contributed by atoms with Gasteiger partial charge in [0, 0.05) is 13.1 Å². The molecule has 6 heteroatoms. The molecule has 3 aromatic rings. The molecule has 2 aliphatic rings. The number of fused-ring (bicyclic) bond motifs is 1. The summed E-state index contributed by atoms with van der Waals surface area (Å²) < 4.78 is 7.22. The van der Waals surface area contributed by atoms with Crippen molar-refractivity contribution in [2.24, 2.45) is 0 Å². The van der Waals surface area contributed by atoms with Gasteiger partial charge in [-0.1, -0.05) is 36.4 Å². The molecule has 0 saturated carbocycles. The fourth-order valence-corrected chi connectivity index (χ4v) is 5.38. The summed E-state index contributed by atoms with van der Waals surface area (Å²) in [6, 6.07) is 16.1. The number of aromatic nitrogens is 1. The van der Waals surface area contributed by atoms with Gasteiger partial charge >= 0.3 is 0 Å². The number of thiazole rings is 1. The Hall–Kier alpha value is -2.28. The number of likely N-dealkylation sites (tertiary alicyclic amines) is 1. The Bertz CT molecular complexity index is 984. The second-order valence-electron chi connectivity index (χ2n) is 7.78. The average Bonchev–Trinajstić information content (AvgIpc) is 3.45. The first-order valence-corrected chi connectivity index (χ1v) is 11.2. The maximum atomic E-state index is 13.7. The van der Waals surface area contributed by atoms with Crippen LogP contribution in [-0.2, 0) is 4.74 Å². The summed E-state index contributed by atoms with van der Waals surface area (Å²) in [5.74, 6) is 0.0726. The van der Waals surface area contributed by atoms with E-state index in [0.29, 0.717) is 13.2 Å². The Morgan fingerprint density at radius 1 is 1.07 bits per heavy atom. The van der Waals surface area contributed by atoms with Crippen LogP contribution in [0.1, 0.15) is 34.8 Å². The van der Waals surface area contributed by atoms with Crippen LogP contribution in [0.4, 0.5) is 0 Å². The van der Waals surface area contributed by atoms with Crippen LogP contribution >= 0.6 is 11.3 Å². The first-order chi connectivity index (χ1) is 14.3. The molecule has 0 N–H and O–H groups in total. The number of nitrogens with zero attached hydrogens (tertiary/aromatic N) is 3. The second-order valence-corrected chi connectivity index (χ2v) is 8.63. The van der Waals surface area contributed by atoms with Crippen molar-refractivity contribution in [3.05, 3.63) is 65.2 Å². The molecule has 1 aromatic heterocycles. The van der Waals surface area contributed by atoms with Crippen LogP contribution in [0.25, 0.3) is 10.2 Å². The molecule has 150 valence electrons. The summed E-state index contributed by atoms with van der Waals surface area (Å²) in [5.41, 5.74) is 4.58. The van der Waals surface area contributed by atoms with Gasteiger partial charge < -0.3 is 14.5 Å². The van der Waals surface area contributed by atoms with E-state index in [1.54, 1.807) is 0 Å². The van der Waals surface area contributed by atoms with Gasteiger partial charge in [0.25, 0.3) is 5.91 Å². The lowest BCUT2D eigenvalue weighted by atomic mass is 9.96. The van der Waals surface area contributed by atoms with Crippen molar-refractivity contribution in [1.82, 2.24) is 14.8 Å². The Kier molecular flexibility index (Phi) is 5.31. The third kappa shape index (κ3) is 3.68. The van der Waals surface area contributed by atoms with Gasteiger partial charge in [0.15, 0.2) is 0 Å². The molecule has 0 bridgehead atoms. The molecule has 2 aromatic carbocycles. The molecule has 2 saturated heterocycles. The zero-order valence-corrected chi connectivity index (χ0v) is 17.2. The number of carbonyl (C=O) groups excluding carboxylic acids is 1. The minimum absolute atomic E-state index is 0.0196. The van der Waals surface area contributed by atoms with Crippen LogP contribution in [0, 0.1) is 0 Å². The van der Waals surface area contributed by atoms with Crippen molar-refractivity contribution in [3.63, 3.8) is 0 Å². The number of rotatable bonds is 4. The van der Waals surface area contributed by atoms with E-state index in [9.17, 15) is 4.79 Å². The number of carbonyl (C=O) groups is 1. The van der Waals surface area contributed by atoms with E-state index in [-0.39, 0.29) is 18.1 Å². The highest BCUT2D eigenvalue weighted by Gasteiger charge is 2.38. The number of benzene rings is 2. The average molecular weight is 408 g/mol. The summed E-state index contributed by atoms with van der Waals surface area (Å²) in [4.78, 5) is 22.6. The van der Waals surface area contributed by atoms with Gasteiger partial charge in [-0.25, -0.2) is 4.98 Å². The molecular formula is C23H25N3O2S. The highest BCUT2D eigenvalue weighted by molar-refractivity contribution is 7.17. The van der Waals surface area contributed by atoms with Crippen LogP contribution in [0.2, 0.25) is 0 Å². The standard InChI is InChI=1S/C23H25N3O2S/c27-23(18-9-6-10-19-22(18)29-16-24-19)26-13-14-28-20(15-25-11-4-5-12-25)21(26)17-7-2-1-3-8-17/h1-3,6-10,16,20-21H,4-5,11-15H2/t20-,21-/m0/s1. The highest BCUT2D eigenvalue weighted by Crippen LogP contribution is 2.33. The quantitative estimate of drug-likeness (QED) is 0.656. The zero-order chi connectivity index (χ0) is 19.6. The molecule has 29 heavy (non-hydrogen) atoms. The third-order valence-corrected chi connectivity index (χ3v) is 6.85. The minimum atomic E-state index is -0.0822. The summed E-state index contributed by atoms with van der Waals surface area (Å²) in [7, 11) is 0. The maximum Gasteiger partial charge on any atom is 0.256 e. The van der Waals surface area contributed by atoms with Gasteiger partial charge in [0.1, 0.15) is 0 Å². The van der Waals surface area contributed by atoms with E-state index in [1.807, 2.05) is 46.8 Å². The predicted octanol–water partition coefficient (Wildman–Crippen LogP) is 3.97. The van der Waals surface area contributed by atoms with Gasteiger partial charge in [0.05, 0.1) is 40.0 Å². The summed E-state index contributed by atoms with van der Waals surface area (Å²) in [5, 5.41) is 0. The highest BCUT2D eigenvalue weighted by atomic mass is 32.1. The number of amides is 1. The Morgan fingerprint density at radius 2 is 1.90 bits per heavy atom. The molecule has 3 heterocycles. The van der Waals surface area contributed by atoms with Crippen LogP contribution in [-0.4, -0.2) is 59.6 Å². The topological polar surface area (TPSA) is 45.7 Å². The summed E-state index contributed by atoms with van der Waals surface area (Å²) >= 11 is 1.53. The third-order valence-electron chi connectivity index (χ3n) is 5.98. The van der Waals surface area contributed by atoms with Crippen LogP contribution in [0.3, 0.4) is 0 Å². The number of hydrogen-bond donors (Lipinski definition) is 0. The van der Waals surface area contributed by atoms with Crippen molar-refractivity contribution < 1.29 is 9.53 Å². The zero-order valence-electron chi connectivity index (χ0n) is 16.4. The molecule has 0 radical (unpaired) electrons. The van der Waals surface area contributed by atoms with Crippen molar-refractivity contribution in [3.8, 4) is 0 Å². The van der Waals surface area contributed by atoms with Crippen molar-refractivity contribution in [2.75, 3.05) is 32.8 Å². The Morgan fingerprint density at radius 3 is 2.72 bits per heavy atom. The smallest absolute Gasteiger partial charge is 0.256 e.